The number of rotatable bonds is 1. The Kier molecular flexibility index (Phi) is 3.23. The van der Waals surface area contributed by atoms with Crippen LogP contribution in [0.3, 0.4) is 0 Å². The average molecular weight is 324 g/mol. The molecule has 0 aromatic carbocycles. The quantitative estimate of drug-likeness (QED) is 0.742. The van der Waals surface area contributed by atoms with Crippen molar-refractivity contribution in [2.45, 2.75) is 20.8 Å². The molecule has 0 radical (unpaired) electrons. The zero-order valence-electron chi connectivity index (χ0n) is 9.58. The lowest BCUT2D eigenvalue weighted by Gasteiger charge is -2.10. The van der Waals surface area contributed by atoms with Crippen LogP contribution in [-0.2, 0) is 0 Å². The minimum absolute atomic E-state index is 0.840. The van der Waals surface area contributed by atoms with Crippen LogP contribution >= 0.6 is 22.6 Å². The van der Waals surface area contributed by atoms with E-state index < -0.39 is 0 Å². The maximum atomic E-state index is 4.58. The monoisotopic (exact) mass is 324 g/mol. The summed E-state index contributed by atoms with van der Waals surface area (Å²) >= 11 is 2.21. The molecule has 0 aliphatic heterocycles. The second-order valence-electron chi connectivity index (χ2n) is 3.87. The molecule has 0 saturated heterocycles. The first-order valence-corrected chi connectivity index (χ1v) is 6.39. The van der Waals surface area contributed by atoms with Crippen LogP contribution in [0.1, 0.15) is 22.4 Å². The average Bonchev–Trinajstić information content (AvgIpc) is 2.25. The Morgan fingerprint density at radius 2 is 1.94 bits per heavy atom. The molecule has 16 heavy (non-hydrogen) atoms. The molecule has 0 atom stereocenters. The molecule has 2 heterocycles. The van der Waals surface area contributed by atoms with Gasteiger partial charge in [0, 0.05) is 11.6 Å². The molecule has 3 heteroatoms. The summed E-state index contributed by atoms with van der Waals surface area (Å²) in [5.74, 6) is 0. The van der Waals surface area contributed by atoms with E-state index in [1.54, 1.807) is 0 Å². The predicted molar refractivity (Wildman–Crippen MR) is 76.8 cm³/mol. The number of pyridine rings is 2. The van der Waals surface area contributed by atoms with E-state index in [9.17, 15) is 0 Å². The number of nitrogens with zero attached hydrogens (tertiary/aromatic N) is 2. The van der Waals surface area contributed by atoms with E-state index in [-0.39, 0.29) is 0 Å². The lowest BCUT2D eigenvalue weighted by Crippen LogP contribution is -1.97. The van der Waals surface area contributed by atoms with E-state index in [2.05, 4.69) is 53.3 Å². The minimum Gasteiger partial charge on any atom is -0.237 e. The summed E-state index contributed by atoms with van der Waals surface area (Å²) in [6.07, 6.45) is 3.84. The topological polar surface area (TPSA) is 25.8 Å². The molecule has 0 amide bonds. The summed E-state index contributed by atoms with van der Waals surface area (Å²) in [7, 11) is 0. The second kappa shape index (κ2) is 4.49. The molecule has 0 spiro atoms. The maximum Gasteiger partial charge on any atom is 0.160 e. The van der Waals surface area contributed by atoms with Gasteiger partial charge in [-0.05, 0) is 53.7 Å². The van der Waals surface area contributed by atoms with Crippen molar-refractivity contribution in [3.8, 4) is 0 Å². The molecule has 2 aromatic rings. The van der Waals surface area contributed by atoms with Crippen molar-refractivity contribution in [1.82, 2.24) is 9.97 Å². The third-order valence-corrected chi connectivity index (χ3v) is 3.27. The largest absolute Gasteiger partial charge is 0.237 e. The molecule has 0 aliphatic rings. The van der Waals surface area contributed by atoms with Crippen LogP contribution in [0.25, 0.3) is 17.1 Å². The van der Waals surface area contributed by atoms with Gasteiger partial charge in [0.05, 0.1) is 5.69 Å². The Morgan fingerprint density at radius 1 is 1.19 bits per heavy atom. The fourth-order valence-electron chi connectivity index (χ4n) is 1.89. The third-order valence-electron chi connectivity index (χ3n) is 2.91. The summed E-state index contributed by atoms with van der Waals surface area (Å²) in [6.45, 7) is 6.35. The van der Waals surface area contributed by atoms with Gasteiger partial charge in [0.25, 0.3) is 0 Å². The Bertz CT molecular complexity index is 574. The van der Waals surface area contributed by atoms with Gasteiger partial charge < -0.3 is 0 Å². The van der Waals surface area contributed by atoms with E-state index in [0.717, 1.165) is 11.3 Å². The molecular formula is C13H13IN2. The van der Waals surface area contributed by atoms with Crippen molar-refractivity contribution in [3.05, 3.63) is 38.7 Å². The number of halogens is 1. The van der Waals surface area contributed by atoms with Crippen LogP contribution < -0.4 is 0 Å². The molecule has 0 bridgehead atoms. The van der Waals surface area contributed by atoms with Crippen LogP contribution in [0.5, 0.6) is 0 Å². The van der Waals surface area contributed by atoms with Crippen LogP contribution in [0.2, 0.25) is 0 Å². The van der Waals surface area contributed by atoms with Gasteiger partial charge in [-0.3, -0.25) is 0 Å². The number of aromatic nitrogens is 2. The molecule has 0 saturated carbocycles. The van der Waals surface area contributed by atoms with Gasteiger partial charge in [-0.1, -0.05) is 22.6 Å². The van der Waals surface area contributed by atoms with Crippen LogP contribution in [0, 0.1) is 20.8 Å². The molecule has 0 N–H and O–H groups in total. The van der Waals surface area contributed by atoms with Gasteiger partial charge >= 0.3 is 0 Å². The van der Waals surface area contributed by atoms with E-state index >= 15 is 0 Å². The zero-order chi connectivity index (χ0) is 11.7. The number of aryl methyl sites for hydroxylation is 2. The van der Waals surface area contributed by atoms with Gasteiger partial charge in [0.15, 0.2) is 5.65 Å². The molecule has 2 rings (SSSR count). The van der Waals surface area contributed by atoms with Crippen LogP contribution in [0.15, 0.2) is 16.3 Å². The summed E-state index contributed by atoms with van der Waals surface area (Å²) in [5, 5.41) is 1.19. The van der Waals surface area contributed by atoms with Crippen molar-refractivity contribution in [2.24, 2.45) is 0 Å². The summed E-state index contributed by atoms with van der Waals surface area (Å²) in [4.78, 5) is 8.92. The summed E-state index contributed by atoms with van der Waals surface area (Å²) in [6, 6.07) is 2.03. The first-order valence-electron chi connectivity index (χ1n) is 5.14. The lowest BCUT2D eigenvalue weighted by molar-refractivity contribution is 1.19. The highest BCUT2D eigenvalue weighted by Crippen LogP contribution is 2.24. The van der Waals surface area contributed by atoms with E-state index in [4.69, 9.17) is 0 Å². The lowest BCUT2D eigenvalue weighted by atomic mass is 10.0. The Labute approximate surface area is 109 Å². The van der Waals surface area contributed by atoms with Gasteiger partial charge in [-0.15, -0.1) is 0 Å². The van der Waals surface area contributed by atoms with Gasteiger partial charge in [0.1, 0.15) is 0 Å². The summed E-state index contributed by atoms with van der Waals surface area (Å²) in [5.41, 5.74) is 5.60. The zero-order valence-corrected chi connectivity index (χ0v) is 11.7. The van der Waals surface area contributed by atoms with Crippen molar-refractivity contribution in [2.75, 3.05) is 0 Å². The van der Waals surface area contributed by atoms with E-state index in [1.807, 2.05) is 22.4 Å². The van der Waals surface area contributed by atoms with Gasteiger partial charge in [0.2, 0.25) is 0 Å². The Hall–Kier alpha value is -0.970. The smallest absolute Gasteiger partial charge is 0.160 e. The fraction of sp³-hybridized carbons (Fsp3) is 0.231. The standard InChI is InChI=1S/C13H13IN2/c1-8-5-7-15-13-12(8)10(3)9(2)11(16-13)4-6-14/h4-7H,1-3H3. The first-order chi connectivity index (χ1) is 7.65. The molecule has 0 unspecified atom stereocenters. The first kappa shape index (κ1) is 11.5. The van der Waals surface area contributed by atoms with Crippen molar-refractivity contribution in [1.29, 1.82) is 0 Å². The highest BCUT2D eigenvalue weighted by molar-refractivity contribution is 14.1. The molecule has 0 aliphatic carbocycles. The van der Waals surface area contributed by atoms with Gasteiger partial charge in [-0.25, -0.2) is 9.97 Å². The third kappa shape index (κ3) is 1.84. The molecule has 82 valence electrons. The summed E-state index contributed by atoms with van der Waals surface area (Å²) < 4.78 is 1.98. The molecular weight excluding hydrogens is 311 g/mol. The number of fused-ring (bicyclic) bond motifs is 1. The molecule has 0 fully saturated rings. The SMILES string of the molecule is Cc1c(C=CI)nc2nccc(C)c2c1C. The molecule has 2 nitrogen and oxygen atoms in total. The number of hydrogen-bond donors (Lipinski definition) is 0. The van der Waals surface area contributed by atoms with Gasteiger partial charge in [-0.2, -0.15) is 0 Å². The highest BCUT2D eigenvalue weighted by Gasteiger charge is 2.08. The van der Waals surface area contributed by atoms with E-state index in [0.29, 0.717) is 0 Å². The predicted octanol–water partition coefficient (Wildman–Crippen LogP) is 3.96. The highest BCUT2D eigenvalue weighted by atomic mass is 127. The van der Waals surface area contributed by atoms with Crippen LogP contribution in [-0.4, -0.2) is 9.97 Å². The fourth-order valence-corrected chi connectivity index (χ4v) is 2.23. The maximum absolute atomic E-state index is 4.58. The Morgan fingerprint density at radius 3 is 2.62 bits per heavy atom. The normalized spacial score (nSPS) is 11.5. The van der Waals surface area contributed by atoms with Crippen molar-refractivity contribution >= 4 is 39.7 Å². The Balaban J connectivity index is 2.88. The molecule has 2 aromatic heterocycles. The van der Waals surface area contributed by atoms with Crippen LogP contribution in [0.4, 0.5) is 0 Å². The van der Waals surface area contributed by atoms with Crippen molar-refractivity contribution in [3.63, 3.8) is 0 Å². The second-order valence-corrected chi connectivity index (χ2v) is 4.59. The van der Waals surface area contributed by atoms with E-state index in [1.165, 1.54) is 22.1 Å². The number of hydrogen-bond acceptors (Lipinski definition) is 2. The van der Waals surface area contributed by atoms with Crippen molar-refractivity contribution < 1.29 is 0 Å². The minimum atomic E-state index is 0.840.